The van der Waals surface area contributed by atoms with Crippen LogP contribution in [0.15, 0.2) is 18.3 Å². The zero-order valence-electron chi connectivity index (χ0n) is 14.0. The summed E-state index contributed by atoms with van der Waals surface area (Å²) in [6, 6.07) is 0.312. The highest BCUT2D eigenvalue weighted by molar-refractivity contribution is 7.15. The number of amides is 1. The number of aromatic nitrogens is 1. The van der Waals surface area contributed by atoms with Gasteiger partial charge >= 0.3 is 0 Å². The van der Waals surface area contributed by atoms with Gasteiger partial charge in [-0.15, -0.1) is 0 Å². The van der Waals surface area contributed by atoms with Gasteiger partial charge in [0.05, 0.1) is 6.20 Å². The number of carbonyl (C=O) groups excluding carboxylic acids is 1. The first kappa shape index (κ1) is 19.6. The monoisotopic (exact) mass is 341 g/mol. The van der Waals surface area contributed by atoms with Crippen LogP contribution in [-0.2, 0) is 0 Å². The molecule has 1 unspecified atom stereocenters. The number of ether oxygens (including phenoxy) is 1. The lowest BCUT2D eigenvalue weighted by Gasteiger charge is -2.13. The molecule has 0 fully saturated rings. The Hall–Kier alpha value is -1.44. The number of aliphatic hydroxyl groups is 1. The molecule has 1 atom stereocenters. The van der Waals surface area contributed by atoms with Crippen molar-refractivity contribution in [1.82, 2.24) is 15.6 Å². The second-order valence-electron chi connectivity index (χ2n) is 5.44. The smallest absolute Gasteiger partial charge is 0.273 e. The number of nitrogens with zero attached hydrogens (tertiary/aromatic N) is 1. The van der Waals surface area contributed by atoms with Crippen molar-refractivity contribution in [3.05, 3.63) is 23.2 Å². The van der Waals surface area contributed by atoms with Gasteiger partial charge in [-0.05, 0) is 12.8 Å². The summed E-state index contributed by atoms with van der Waals surface area (Å²) in [4.78, 5) is 16.5. The van der Waals surface area contributed by atoms with Crippen molar-refractivity contribution in [1.29, 1.82) is 0 Å². The quantitative estimate of drug-likeness (QED) is 0.423. The molecule has 1 rings (SSSR count). The molecular formula is C16H27N3O3S. The Balaban J connectivity index is 2.30. The summed E-state index contributed by atoms with van der Waals surface area (Å²) in [5.74, 6) is -0.149. The third-order valence-electron chi connectivity index (χ3n) is 2.87. The summed E-state index contributed by atoms with van der Waals surface area (Å²) < 4.78 is 5.41. The molecular weight excluding hydrogens is 314 g/mol. The number of hydrogen-bond acceptors (Lipinski definition) is 6. The molecule has 0 aliphatic carbocycles. The summed E-state index contributed by atoms with van der Waals surface area (Å²) in [7, 11) is 0. The topological polar surface area (TPSA) is 83.5 Å². The number of nitrogens with one attached hydrogen (secondary N) is 2. The lowest BCUT2D eigenvalue weighted by Crippen LogP contribution is -2.35. The Bertz CT molecular complexity index is 489. The van der Waals surface area contributed by atoms with E-state index in [9.17, 15) is 9.90 Å². The fourth-order valence-corrected chi connectivity index (χ4v) is 2.36. The van der Waals surface area contributed by atoms with Crippen LogP contribution >= 0.6 is 11.3 Å². The molecule has 0 saturated carbocycles. The summed E-state index contributed by atoms with van der Waals surface area (Å²) in [5, 5.41) is 16.1. The van der Waals surface area contributed by atoms with E-state index in [0.29, 0.717) is 29.2 Å². The van der Waals surface area contributed by atoms with E-state index in [1.807, 2.05) is 19.9 Å². The number of allylic oxidation sites excluding steroid dienone is 1. The van der Waals surface area contributed by atoms with Crippen LogP contribution in [0.3, 0.4) is 0 Å². The average molecular weight is 341 g/mol. The molecule has 1 amide bonds. The van der Waals surface area contributed by atoms with Crippen molar-refractivity contribution in [2.24, 2.45) is 0 Å². The zero-order chi connectivity index (χ0) is 17.1. The van der Waals surface area contributed by atoms with Crippen molar-refractivity contribution in [3.63, 3.8) is 0 Å². The third kappa shape index (κ3) is 8.68. The van der Waals surface area contributed by atoms with E-state index in [-0.39, 0.29) is 12.5 Å². The molecule has 1 aromatic heterocycles. The maximum absolute atomic E-state index is 11.9. The van der Waals surface area contributed by atoms with Crippen LogP contribution in [0.2, 0.25) is 0 Å². The van der Waals surface area contributed by atoms with Crippen LogP contribution in [0.5, 0.6) is 5.19 Å². The molecule has 0 aromatic carbocycles. The van der Waals surface area contributed by atoms with E-state index in [2.05, 4.69) is 28.6 Å². The molecule has 7 heteroatoms. The highest BCUT2D eigenvalue weighted by atomic mass is 32.1. The Labute approximate surface area is 142 Å². The fourth-order valence-electron chi connectivity index (χ4n) is 1.67. The van der Waals surface area contributed by atoms with Crippen molar-refractivity contribution < 1.29 is 14.6 Å². The van der Waals surface area contributed by atoms with Gasteiger partial charge in [-0.25, -0.2) is 4.98 Å². The Morgan fingerprint density at radius 1 is 1.48 bits per heavy atom. The molecule has 130 valence electrons. The second-order valence-corrected chi connectivity index (χ2v) is 6.44. The van der Waals surface area contributed by atoms with E-state index >= 15 is 0 Å². The SMILES string of the molecule is CC/C=C/CCNC(=O)c1cnc(OCC(O)CNC(C)C)s1. The number of carbonyl (C=O) groups is 1. The highest BCUT2D eigenvalue weighted by Gasteiger charge is 2.12. The minimum Gasteiger partial charge on any atom is -0.467 e. The van der Waals surface area contributed by atoms with E-state index in [4.69, 9.17) is 4.74 Å². The Morgan fingerprint density at radius 3 is 2.96 bits per heavy atom. The normalized spacial score (nSPS) is 12.7. The summed E-state index contributed by atoms with van der Waals surface area (Å²) in [5.41, 5.74) is 0. The predicted molar refractivity (Wildman–Crippen MR) is 93.1 cm³/mol. The van der Waals surface area contributed by atoms with Crippen LogP contribution in [-0.4, -0.2) is 47.8 Å². The highest BCUT2D eigenvalue weighted by Crippen LogP contribution is 2.20. The van der Waals surface area contributed by atoms with Gasteiger partial charge in [-0.2, -0.15) is 0 Å². The maximum atomic E-state index is 11.9. The first-order valence-electron chi connectivity index (χ1n) is 7.96. The first-order valence-corrected chi connectivity index (χ1v) is 8.77. The fraction of sp³-hybridized carbons (Fsp3) is 0.625. The molecule has 0 saturated heterocycles. The largest absolute Gasteiger partial charge is 0.467 e. The molecule has 1 aromatic rings. The molecule has 0 aliphatic heterocycles. The molecule has 3 N–H and O–H groups in total. The lowest BCUT2D eigenvalue weighted by atomic mass is 10.3. The number of thiazole rings is 1. The summed E-state index contributed by atoms with van der Waals surface area (Å²) >= 11 is 1.18. The first-order chi connectivity index (χ1) is 11.0. The summed E-state index contributed by atoms with van der Waals surface area (Å²) in [6.07, 6.45) is 6.83. The van der Waals surface area contributed by atoms with Crippen molar-refractivity contribution in [2.45, 2.75) is 45.8 Å². The average Bonchev–Trinajstić information content (AvgIpc) is 2.99. The van der Waals surface area contributed by atoms with Crippen LogP contribution in [0.1, 0.15) is 43.3 Å². The summed E-state index contributed by atoms with van der Waals surface area (Å²) in [6.45, 7) is 7.30. The minimum atomic E-state index is -0.607. The van der Waals surface area contributed by atoms with Crippen molar-refractivity contribution >= 4 is 17.2 Å². The van der Waals surface area contributed by atoms with E-state index < -0.39 is 6.10 Å². The number of hydrogen-bond donors (Lipinski definition) is 3. The van der Waals surface area contributed by atoms with Gasteiger partial charge in [0.15, 0.2) is 0 Å². The molecule has 6 nitrogen and oxygen atoms in total. The molecule has 0 radical (unpaired) electrons. The van der Waals surface area contributed by atoms with E-state index in [1.165, 1.54) is 17.5 Å². The molecule has 1 heterocycles. The van der Waals surface area contributed by atoms with Gasteiger partial charge in [0.2, 0.25) is 0 Å². The van der Waals surface area contributed by atoms with Gasteiger partial charge < -0.3 is 20.5 Å². The van der Waals surface area contributed by atoms with Gasteiger partial charge in [0.1, 0.15) is 17.6 Å². The number of aliphatic hydroxyl groups excluding tert-OH is 1. The predicted octanol–water partition coefficient (Wildman–Crippen LogP) is 1.97. The van der Waals surface area contributed by atoms with E-state index in [1.54, 1.807) is 0 Å². The zero-order valence-corrected chi connectivity index (χ0v) is 14.9. The van der Waals surface area contributed by atoms with Crippen LogP contribution in [0.25, 0.3) is 0 Å². The third-order valence-corrected chi connectivity index (χ3v) is 3.78. The van der Waals surface area contributed by atoms with Crippen LogP contribution < -0.4 is 15.4 Å². The van der Waals surface area contributed by atoms with Gasteiger partial charge in [-0.1, -0.05) is 44.3 Å². The van der Waals surface area contributed by atoms with Crippen molar-refractivity contribution in [2.75, 3.05) is 19.7 Å². The lowest BCUT2D eigenvalue weighted by molar-refractivity contribution is 0.0958. The minimum absolute atomic E-state index is 0.149. The Morgan fingerprint density at radius 2 is 2.26 bits per heavy atom. The van der Waals surface area contributed by atoms with E-state index in [0.717, 1.165) is 12.8 Å². The maximum Gasteiger partial charge on any atom is 0.273 e. The molecule has 0 bridgehead atoms. The molecule has 23 heavy (non-hydrogen) atoms. The van der Waals surface area contributed by atoms with Crippen molar-refractivity contribution in [3.8, 4) is 5.19 Å². The second kappa shape index (κ2) is 11.2. The van der Waals surface area contributed by atoms with Gasteiger partial charge in [0, 0.05) is 19.1 Å². The van der Waals surface area contributed by atoms with Gasteiger partial charge in [0.25, 0.3) is 11.1 Å². The number of rotatable bonds is 11. The van der Waals surface area contributed by atoms with Crippen LogP contribution in [0.4, 0.5) is 0 Å². The molecule has 0 spiro atoms. The van der Waals surface area contributed by atoms with Crippen LogP contribution in [0, 0.1) is 0 Å². The standard InChI is InChI=1S/C16H27N3O3S/c1-4-5-6-7-8-17-15(21)14-10-19-16(23-14)22-11-13(20)9-18-12(2)3/h5-6,10,12-13,18,20H,4,7-9,11H2,1-3H3,(H,17,21)/b6-5+. The molecule has 0 aliphatic rings. The Kier molecular flexibility index (Phi) is 9.51. The van der Waals surface area contributed by atoms with Gasteiger partial charge in [-0.3, -0.25) is 4.79 Å².